The summed E-state index contributed by atoms with van der Waals surface area (Å²) < 4.78 is 11.1. The number of nitrogens with one attached hydrogen (secondary N) is 2. The van der Waals surface area contributed by atoms with Gasteiger partial charge in [0.2, 0.25) is 0 Å². The van der Waals surface area contributed by atoms with Crippen molar-refractivity contribution in [3.63, 3.8) is 0 Å². The molecule has 0 aliphatic carbocycles. The van der Waals surface area contributed by atoms with Crippen LogP contribution in [0.4, 0.5) is 17.2 Å². The minimum absolute atomic E-state index is 0.206. The van der Waals surface area contributed by atoms with Crippen LogP contribution in [-0.4, -0.2) is 29.1 Å². The molecule has 2 heterocycles. The number of benzene rings is 3. The molecule has 0 spiro atoms. The average Bonchev–Trinajstić information content (AvgIpc) is 2.84. The van der Waals surface area contributed by atoms with Gasteiger partial charge in [-0.05, 0) is 49.4 Å². The predicted octanol–water partition coefficient (Wildman–Crippen LogP) is 5.22. The minimum Gasteiger partial charge on any atom is -0.486 e. The van der Waals surface area contributed by atoms with Crippen LogP contribution >= 0.6 is 0 Å². The lowest BCUT2D eigenvalue weighted by Gasteiger charge is -2.19. The summed E-state index contributed by atoms with van der Waals surface area (Å²) in [6.45, 7) is 3.08. The molecule has 1 aliphatic rings. The van der Waals surface area contributed by atoms with E-state index in [4.69, 9.17) is 9.47 Å². The normalized spacial score (nSPS) is 12.2. The van der Waals surface area contributed by atoms with Crippen molar-refractivity contribution in [2.75, 3.05) is 23.8 Å². The summed E-state index contributed by atoms with van der Waals surface area (Å²) in [6.07, 6.45) is 1.54. The Bertz CT molecular complexity index is 1310. The SMILES string of the molecule is Cc1cccc(-c2cc(Nc3ccc(C(=O)Nc4ccc5c(c4)OCCO5)cc3)ncn2)c1. The number of carbonyl (C=O) groups excluding carboxylic acids is 1. The Hall–Kier alpha value is -4.39. The quantitative estimate of drug-likeness (QED) is 0.444. The lowest BCUT2D eigenvalue weighted by atomic mass is 10.1. The van der Waals surface area contributed by atoms with Gasteiger partial charge < -0.3 is 20.1 Å². The Labute approximate surface area is 191 Å². The molecule has 7 nitrogen and oxygen atoms in total. The molecule has 2 N–H and O–H groups in total. The molecule has 0 saturated carbocycles. The van der Waals surface area contributed by atoms with E-state index in [0.717, 1.165) is 16.9 Å². The maximum Gasteiger partial charge on any atom is 0.255 e. The largest absolute Gasteiger partial charge is 0.486 e. The summed E-state index contributed by atoms with van der Waals surface area (Å²) in [6, 6.07) is 22.6. The Morgan fingerprint density at radius 1 is 0.848 bits per heavy atom. The highest BCUT2D eigenvalue weighted by atomic mass is 16.6. The molecule has 0 bridgehead atoms. The molecule has 0 unspecified atom stereocenters. The van der Waals surface area contributed by atoms with Crippen LogP contribution in [0, 0.1) is 6.92 Å². The van der Waals surface area contributed by atoms with E-state index in [0.29, 0.717) is 41.8 Å². The van der Waals surface area contributed by atoms with E-state index in [1.807, 2.05) is 30.3 Å². The Morgan fingerprint density at radius 2 is 1.64 bits per heavy atom. The molecule has 33 heavy (non-hydrogen) atoms. The van der Waals surface area contributed by atoms with E-state index in [-0.39, 0.29) is 5.91 Å². The van der Waals surface area contributed by atoms with Gasteiger partial charge in [0.25, 0.3) is 5.91 Å². The molecule has 0 saturated heterocycles. The van der Waals surface area contributed by atoms with Gasteiger partial charge in [-0.25, -0.2) is 9.97 Å². The summed E-state index contributed by atoms with van der Waals surface area (Å²) in [4.78, 5) is 21.3. The summed E-state index contributed by atoms with van der Waals surface area (Å²) in [7, 11) is 0. The molecular weight excluding hydrogens is 416 g/mol. The molecular formula is C26H22N4O3. The van der Waals surface area contributed by atoms with Crippen LogP contribution in [-0.2, 0) is 0 Å². The molecule has 1 aromatic heterocycles. The number of hydrogen-bond donors (Lipinski definition) is 2. The van der Waals surface area contributed by atoms with E-state index in [1.54, 1.807) is 30.3 Å². The van der Waals surface area contributed by atoms with Gasteiger partial charge in [0.05, 0.1) is 5.69 Å². The molecule has 164 valence electrons. The summed E-state index contributed by atoms with van der Waals surface area (Å²) in [5.41, 5.74) is 5.05. The van der Waals surface area contributed by atoms with E-state index >= 15 is 0 Å². The second-order valence-electron chi connectivity index (χ2n) is 7.67. The first-order valence-corrected chi connectivity index (χ1v) is 10.6. The Balaban J connectivity index is 1.26. The highest BCUT2D eigenvalue weighted by Gasteiger charge is 2.13. The third-order valence-corrected chi connectivity index (χ3v) is 5.20. The number of aryl methyl sites for hydroxylation is 1. The zero-order valence-electron chi connectivity index (χ0n) is 18.0. The van der Waals surface area contributed by atoms with Gasteiger partial charge in [0.1, 0.15) is 25.4 Å². The van der Waals surface area contributed by atoms with Crippen molar-refractivity contribution in [1.29, 1.82) is 0 Å². The lowest BCUT2D eigenvalue weighted by Crippen LogP contribution is -2.16. The molecule has 0 radical (unpaired) electrons. The second-order valence-corrected chi connectivity index (χ2v) is 7.67. The van der Waals surface area contributed by atoms with Crippen molar-refractivity contribution in [2.24, 2.45) is 0 Å². The maximum absolute atomic E-state index is 12.7. The highest BCUT2D eigenvalue weighted by molar-refractivity contribution is 6.04. The number of amides is 1. The third kappa shape index (κ3) is 4.77. The fourth-order valence-electron chi connectivity index (χ4n) is 3.57. The molecule has 0 atom stereocenters. The van der Waals surface area contributed by atoms with Crippen LogP contribution in [0.1, 0.15) is 15.9 Å². The molecule has 0 fully saturated rings. The Kier molecular flexibility index (Phi) is 5.59. The number of hydrogen-bond acceptors (Lipinski definition) is 6. The molecule has 4 aromatic rings. The first-order chi connectivity index (χ1) is 16.1. The summed E-state index contributed by atoms with van der Waals surface area (Å²) >= 11 is 0. The minimum atomic E-state index is -0.206. The van der Waals surface area contributed by atoms with E-state index < -0.39 is 0 Å². The fraction of sp³-hybridized carbons (Fsp3) is 0.115. The van der Waals surface area contributed by atoms with Crippen LogP contribution in [0.15, 0.2) is 79.1 Å². The van der Waals surface area contributed by atoms with Crippen LogP contribution in [0.2, 0.25) is 0 Å². The summed E-state index contributed by atoms with van der Waals surface area (Å²) in [5.74, 6) is 1.79. The smallest absolute Gasteiger partial charge is 0.255 e. The predicted molar refractivity (Wildman–Crippen MR) is 127 cm³/mol. The van der Waals surface area contributed by atoms with Crippen molar-refractivity contribution in [3.05, 3.63) is 90.3 Å². The number of fused-ring (bicyclic) bond motifs is 1. The standard InChI is InChI=1S/C26H22N4O3/c1-17-3-2-4-19(13-17)22-15-25(28-16-27-22)29-20-7-5-18(6-8-20)26(31)30-21-9-10-23-24(14-21)33-12-11-32-23/h2-10,13-16H,11-12H2,1H3,(H,30,31)(H,27,28,29). The average molecular weight is 438 g/mol. The Morgan fingerprint density at radius 3 is 2.45 bits per heavy atom. The van der Waals surface area contributed by atoms with Gasteiger partial charge in [-0.15, -0.1) is 0 Å². The van der Waals surface area contributed by atoms with E-state index in [9.17, 15) is 4.79 Å². The van der Waals surface area contributed by atoms with E-state index in [2.05, 4.69) is 39.7 Å². The lowest BCUT2D eigenvalue weighted by molar-refractivity contribution is 0.102. The number of ether oxygens (including phenoxy) is 2. The van der Waals surface area contributed by atoms with Crippen molar-refractivity contribution in [3.8, 4) is 22.8 Å². The van der Waals surface area contributed by atoms with Gasteiger partial charge in [0.15, 0.2) is 11.5 Å². The first kappa shape index (κ1) is 20.5. The van der Waals surface area contributed by atoms with Crippen LogP contribution in [0.5, 0.6) is 11.5 Å². The van der Waals surface area contributed by atoms with Crippen LogP contribution in [0.25, 0.3) is 11.3 Å². The number of carbonyl (C=O) groups is 1. The second kappa shape index (κ2) is 9.00. The molecule has 1 amide bonds. The van der Waals surface area contributed by atoms with Crippen molar-refractivity contribution in [2.45, 2.75) is 6.92 Å². The molecule has 1 aliphatic heterocycles. The van der Waals surface area contributed by atoms with Crippen molar-refractivity contribution in [1.82, 2.24) is 9.97 Å². The van der Waals surface area contributed by atoms with Gasteiger partial charge in [-0.2, -0.15) is 0 Å². The highest BCUT2D eigenvalue weighted by Crippen LogP contribution is 2.32. The van der Waals surface area contributed by atoms with Gasteiger partial charge in [0, 0.05) is 34.6 Å². The third-order valence-electron chi connectivity index (χ3n) is 5.20. The number of rotatable bonds is 5. The van der Waals surface area contributed by atoms with Gasteiger partial charge in [-0.3, -0.25) is 4.79 Å². The van der Waals surface area contributed by atoms with Crippen molar-refractivity contribution >= 4 is 23.1 Å². The number of aromatic nitrogens is 2. The number of anilines is 3. The zero-order valence-corrected chi connectivity index (χ0v) is 18.0. The van der Waals surface area contributed by atoms with Gasteiger partial charge in [-0.1, -0.05) is 23.8 Å². The molecule has 5 rings (SSSR count). The first-order valence-electron chi connectivity index (χ1n) is 10.6. The topological polar surface area (TPSA) is 85.4 Å². The fourth-order valence-corrected chi connectivity index (χ4v) is 3.57. The zero-order chi connectivity index (χ0) is 22.6. The molecule has 7 heteroatoms. The van der Waals surface area contributed by atoms with Gasteiger partial charge >= 0.3 is 0 Å². The summed E-state index contributed by atoms with van der Waals surface area (Å²) in [5, 5.41) is 6.16. The molecule has 3 aromatic carbocycles. The van der Waals surface area contributed by atoms with Crippen LogP contribution < -0.4 is 20.1 Å². The number of nitrogens with zero attached hydrogens (tertiary/aromatic N) is 2. The van der Waals surface area contributed by atoms with Crippen molar-refractivity contribution < 1.29 is 14.3 Å². The monoisotopic (exact) mass is 438 g/mol. The van der Waals surface area contributed by atoms with Crippen LogP contribution in [0.3, 0.4) is 0 Å². The maximum atomic E-state index is 12.7. The van der Waals surface area contributed by atoms with E-state index in [1.165, 1.54) is 11.9 Å².